The lowest BCUT2D eigenvalue weighted by atomic mass is 9.96. The third kappa shape index (κ3) is 7.48. The maximum atomic E-state index is 13.1. The number of ether oxygens (including phenoxy) is 1. The highest BCUT2D eigenvalue weighted by Crippen LogP contribution is 2.24. The van der Waals surface area contributed by atoms with Gasteiger partial charge in [-0.25, -0.2) is 9.07 Å². The van der Waals surface area contributed by atoms with Crippen molar-refractivity contribution in [3.8, 4) is 0 Å². The second kappa shape index (κ2) is 11.9. The molecule has 0 aliphatic carbocycles. The summed E-state index contributed by atoms with van der Waals surface area (Å²) in [6.45, 7) is 5.41. The number of amides is 1. The summed E-state index contributed by atoms with van der Waals surface area (Å²) in [7, 11) is 0. The molecule has 0 saturated carbocycles. The molecule has 1 heterocycles. The highest BCUT2D eigenvalue weighted by atomic mass is 35.5. The van der Waals surface area contributed by atoms with Gasteiger partial charge in [0.15, 0.2) is 5.78 Å². The molecule has 0 fully saturated rings. The summed E-state index contributed by atoms with van der Waals surface area (Å²) in [5.74, 6) is -3.51. The Hall–Kier alpha value is -3.07. The van der Waals surface area contributed by atoms with Crippen molar-refractivity contribution in [1.82, 2.24) is 15.1 Å². The predicted molar refractivity (Wildman–Crippen MR) is 125 cm³/mol. The van der Waals surface area contributed by atoms with E-state index in [1.165, 1.54) is 10.9 Å². The number of aromatic nitrogens is 2. The number of carbonyl (C=O) groups is 3. The van der Waals surface area contributed by atoms with Gasteiger partial charge in [0.05, 0.1) is 35.7 Å². The number of esters is 1. The van der Waals surface area contributed by atoms with Gasteiger partial charge in [0, 0.05) is 0 Å². The van der Waals surface area contributed by atoms with Gasteiger partial charge >= 0.3 is 5.97 Å². The van der Waals surface area contributed by atoms with Crippen LogP contribution in [0.4, 0.5) is 4.39 Å². The van der Waals surface area contributed by atoms with E-state index in [2.05, 4.69) is 10.4 Å². The van der Waals surface area contributed by atoms with Crippen molar-refractivity contribution in [3.63, 3.8) is 0 Å². The maximum Gasteiger partial charge on any atom is 0.308 e. The van der Waals surface area contributed by atoms with E-state index in [1.807, 2.05) is 30.3 Å². The minimum Gasteiger partial charge on any atom is -0.460 e. The third-order valence-electron chi connectivity index (χ3n) is 4.91. The van der Waals surface area contributed by atoms with E-state index in [0.29, 0.717) is 0 Å². The number of carbonyl (C=O) groups excluding carboxylic acids is 3. The molecule has 0 aliphatic heterocycles. The molecule has 1 N–H and O–H groups in total. The fraction of sp³-hybridized carbons (Fsp3) is 0.458. The van der Waals surface area contributed by atoms with Gasteiger partial charge in [-0.1, -0.05) is 48.9 Å². The van der Waals surface area contributed by atoms with E-state index >= 15 is 0 Å². The molecule has 2 rings (SSSR count). The third-order valence-corrected chi connectivity index (χ3v) is 5.21. The largest absolute Gasteiger partial charge is 0.460 e. The quantitative estimate of drug-likeness (QED) is 0.509. The van der Waals surface area contributed by atoms with Crippen LogP contribution in [0.15, 0.2) is 41.3 Å². The number of Topliss-reactive ketones (excluding diaryl/α,β-unsaturated/α-hetero) is 1. The Morgan fingerprint density at radius 1 is 1.21 bits per heavy atom. The summed E-state index contributed by atoms with van der Waals surface area (Å²) in [6, 6.07) is 7.72. The molecule has 0 spiro atoms. The van der Waals surface area contributed by atoms with Crippen molar-refractivity contribution in [3.05, 3.63) is 63.0 Å². The Bertz CT molecular complexity index is 1080. The van der Waals surface area contributed by atoms with Crippen molar-refractivity contribution in [2.75, 3.05) is 6.67 Å². The number of benzene rings is 1. The Labute approximate surface area is 202 Å². The zero-order chi connectivity index (χ0) is 25.5. The number of ketones is 1. The molecule has 10 heteroatoms. The fourth-order valence-corrected chi connectivity index (χ4v) is 3.61. The second-order valence-corrected chi connectivity index (χ2v) is 9.17. The molecule has 2 aromatic rings. The molecule has 8 nitrogen and oxygen atoms in total. The van der Waals surface area contributed by atoms with E-state index in [9.17, 15) is 23.6 Å². The lowest BCUT2D eigenvalue weighted by Gasteiger charge is -2.23. The normalized spacial score (nSPS) is 13.1. The number of hydrogen-bond acceptors (Lipinski definition) is 6. The monoisotopic (exact) mass is 493 g/mol. The van der Waals surface area contributed by atoms with Crippen LogP contribution in [0.25, 0.3) is 0 Å². The molecule has 1 aromatic carbocycles. The van der Waals surface area contributed by atoms with Crippen LogP contribution in [0, 0.1) is 0 Å². The summed E-state index contributed by atoms with van der Waals surface area (Å²) in [4.78, 5) is 50.5. The van der Waals surface area contributed by atoms with Crippen LogP contribution in [0.3, 0.4) is 0 Å². The summed E-state index contributed by atoms with van der Waals surface area (Å²) < 4.78 is 19.5. The molecule has 184 valence electrons. The first-order valence-corrected chi connectivity index (χ1v) is 11.2. The van der Waals surface area contributed by atoms with Gasteiger partial charge < -0.3 is 10.1 Å². The predicted octanol–water partition coefficient (Wildman–Crippen LogP) is 3.19. The van der Waals surface area contributed by atoms with Gasteiger partial charge in [-0.05, 0) is 32.8 Å². The summed E-state index contributed by atoms with van der Waals surface area (Å²) in [5.41, 5.74) is -0.533. The molecule has 0 bridgehead atoms. The van der Waals surface area contributed by atoms with Crippen LogP contribution in [0.2, 0.25) is 5.02 Å². The van der Waals surface area contributed by atoms with Crippen molar-refractivity contribution < 1.29 is 23.5 Å². The van der Waals surface area contributed by atoms with Crippen LogP contribution in [-0.2, 0) is 25.7 Å². The van der Waals surface area contributed by atoms with E-state index in [0.717, 1.165) is 5.56 Å². The molecule has 0 radical (unpaired) electrons. The van der Waals surface area contributed by atoms with Crippen LogP contribution < -0.4 is 10.9 Å². The topological polar surface area (TPSA) is 107 Å². The maximum absolute atomic E-state index is 13.1. The van der Waals surface area contributed by atoms with Gasteiger partial charge in [-0.2, -0.15) is 5.10 Å². The molecular weight excluding hydrogens is 465 g/mol. The van der Waals surface area contributed by atoms with Gasteiger partial charge in [-0.3, -0.25) is 19.2 Å². The molecule has 0 aliphatic rings. The van der Waals surface area contributed by atoms with Crippen molar-refractivity contribution in [1.29, 1.82) is 0 Å². The highest BCUT2D eigenvalue weighted by Gasteiger charge is 2.31. The van der Waals surface area contributed by atoms with Crippen molar-refractivity contribution >= 4 is 29.3 Å². The lowest BCUT2D eigenvalue weighted by molar-refractivity contribution is -0.156. The SMILES string of the molecule is CCC(C(=O)NC(CC(=O)OC(C)(C)C)C(=O)CF)c1c(Cl)cnn(Cc2ccccc2)c1=O. The van der Waals surface area contributed by atoms with Crippen LogP contribution in [0.1, 0.15) is 57.6 Å². The van der Waals surface area contributed by atoms with Gasteiger partial charge in [-0.15, -0.1) is 0 Å². The van der Waals surface area contributed by atoms with Crippen LogP contribution in [0.5, 0.6) is 0 Å². The zero-order valence-electron chi connectivity index (χ0n) is 19.6. The smallest absolute Gasteiger partial charge is 0.308 e. The Kier molecular flexibility index (Phi) is 9.49. The summed E-state index contributed by atoms with van der Waals surface area (Å²) in [5, 5.41) is 6.46. The molecule has 2 atom stereocenters. The zero-order valence-corrected chi connectivity index (χ0v) is 20.4. The summed E-state index contributed by atoms with van der Waals surface area (Å²) in [6.07, 6.45) is 0.908. The Morgan fingerprint density at radius 3 is 2.41 bits per heavy atom. The molecule has 1 aromatic heterocycles. The minimum atomic E-state index is -1.44. The number of nitrogens with one attached hydrogen (secondary N) is 1. The Balaban J connectivity index is 2.30. The van der Waals surface area contributed by atoms with E-state index in [4.69, 9.17) is 16.3 Å². The molecule has 0 saturated heterocycles. The average molecular weight is 494 g/mol. The van der Waals surface area contributed by atoms with E-state index in [-0.39, 0.29) is 23.6 Å². The standard InChI is InChI=1S/C24H29ClFN3O5/c1-5-16(22(32)28-18(19(30)12-26)11-20(31)34-24(2,3)4)21-17(25)13-27-29(23(21)33)14-15-9-7-6-8-10-15/h6-10,13,16,18H,5,11-12,14H2,1-4H3,(H,28,32). The Morgan fingerprint density at radius 2 is 1.85 bits per heavy atom. The first-order valence-electron chi connectivity index (χ1n) is 10.9. The fourth-order valence-electron chi connectivity index (χ4n) is 3.35. The van der Waals surface area contributed by atoms with Gasteiger partial charge in [0.2, 0.25) is 5.91 Å². The highest BCUT2D eigenvalue weighted by molar-refractivity contribution is 6.31. The molecule has 2 unspecified atom stereocenters. The summed E-state index contributed by atoms with van der Waals surface area (Å²) >= 11 is 6.25. The second-order valence-electron chi connectivity index (χ2n) is 8.77. The van der Waals surface area contributed by atoms with Crippen molar-refractivity contribution in [2.24, 2.45) is 0 Å². The minimum absolute atomic E-state index is 0.00294. The van der Waals surface area contributed by atoms with Crippen LogP contribution in [-0.4, -0.2) is 45.8 Å². The van der Waals surface area contributed by atoms with Gasteiger partial charge in [0.25, 0.3) is 5.56 Å². The van der Waals surface area contributed by atoms with Crippen molar-refractivity contribution in [2.45, 2.75) is 64.6 Å². The number of hydrogen-bond donors (Lipinski definition) is 1. The number of nitrogens with zero attached hydrogens (tertiary/aromatic N) is 2. The molecule has 1 amide bonds. The number of halogens is 2. The number of rotatable bonds is 10. The number of alkyl halides is 1. The van der Waals surface area contributed by atoms with Crippen LogP contribution >= 0.6 is 11.6 Å². The van der Waals surface area contributed by atoms with Gasteiger partial charge in [0.1, 0.15) is 18.3 Å². The first-order chi connectivity index (χ1) is 16.0. The molecule has 34 heavy (non-hydrogen) atoms. The van der Waals surface area contributed by atoms with E-state index < -0.39 is 53.9 Å². The first kappa shape index (κ1) is 27.2. The molecular formula is C24H29ClFN3O5. The average Bonchev–Trinajstić information content (AvgIpc) is 2.76. The lowest BCUT2D eigenvalue weighted by Crippen LogP contribution is -2.46. The van der Waals surface area contributed by atoms with E-state index in [1.54, 1.807) is 27.7 Å².